The van der Waals surface area contributed by atoms with E-state index in [4.69, 9.17) is 9.73 Å². The maximum Gasteiger partial charge on any atom is 0.319 e. The summed E-state index contributed by atoms with van der Waals surface area (Å²) in [7, 11) is 0. The number of hydrogen-bond donors (Lipinski definition) is 3. The van der Waals surface area contributed by atoms with Crippen LogP contribution in [0.5, 0.6) is 0 Å². The highest BCUT2D eigenvalue weighted by Gasteiger charge is 2.25. The summed E-state index contributed by atoms with van der Waals surface area (Å²) < 4.78 is 5.43. The molecule has 28 heavy (non-hydrogen) atoms. The Bertz CT molecular complexity index is 911. The number of urea groups is 1. The Morgan fingerprint density at radius 1 is 1.29 bits per heavy atom. The molecule has 1 saturated heterocycles. The number of carbonyl (C=O) groups is 1. The van der Waals surface area contributed by atoms with Crippen molar-refractivity contribution in [2.75, 3.05) is 31.6 Å². The number of anilines is 1. The van der Waals surface area contributed by atoms with Gasteiger partial charge < -0.3 is 15.4 Å². The third-order valence-electron chi connectivity index (χ3n) is 5.36. The first-order chi connectivity index (χ1) is 13.7. The third kappa shape index (κ3) is 3.79. The molecule has 1 aromatic heterocycles. The number of nitrogens with zero attached hydrogens (tertiary/aromatic N) is 3. The zero-order valence-corrected chi connectivity index (χ0v) is 15.7. The van der Waals surface area contributed by atoms with Crippen molar-refractivity contribution in [1.29, 1.82) is 0 Å². The number of ether oxygens (including phenoxy) is 1. The van der Waals surface area contributed by atoms with E-state index in [1.807, 2.05) is 0 Å². The smallest absolute Gasteiger partial charge is 0.319 e. The molecule has 2 aromatic rings. The molecule has 1 aliphatic carbocycles. The molecule has 0 radical (unpaired) electrons. The number of hydrogen-bond acceptors (Lipinski definition) is 5. The van der Waals surface area contributed by atoms with Crippen molar-refractivity contribution in [3.8, 4) is 0 Å². The molecule has 2 fully saturated rings. The highest BCUT2D eigenvalue weighted by molar-refractivity contribution is 6.10. The lowest BCUT2D eigenvalue weighted by atomic mass is 10.0. The molecule has 146 valence electrons. The zero-order chi connectivity index (χ0) is 18.9. The van der Waals surface area contributed by atoms with Crippen LogP contribution < -0.4 is 10.6 Å². The monoisotopic (exact) mass is 380 g/mol. The van der Waals surface area contributed by atoms with E-state index >= 15 is 0 Å². The highest BCUT2D eigenvalue weighted by Crippen LogP contribution is 2.31. The second-order valence-electron chi connectivity index (χ2n) is 7.62. The summed E-state index contributed by atoms with van der Waals surface area (Å²) in [6.07, 6.45) is 4.48. The van der Waals surface area contributed by atoms with E-state index in [2.05, 4.69) is 43.9 Å². The van der Waals surface area contributed by atoms with Crippen LogP contribution in [0.2, 0.25) is 0 Å². The van der Waals surface area contributed by atoms with Crippen LogP contribution in [0.25, 0.3) is 0 Å². The summed E-state index contributed by atoms with van der Waals surface area (Å²) in [6, 6.07) is 6.60. The van der Waals surface area contributed by atoms with Crippen molar-refractivity contribution in [1.82, 2.24) is 20.4 Å². The predicted octanol–water partition coefficient (Wildman–Crippen LogP) is 2.20. The van der Waals surface area contributed by atoms with Gasteiger partial charge in [0, 0.05) is 32.1 Å². The average Bonchev–Trinajstić information content (AvgIpc) is 3.22. The minimum Gasteiger partial charge on any atom is -0.379 e. The SMILES string of the molecule is O=C(Nc1cn[nH]c1C1=Nc2ccc(CN3CCOCC3)cc2C1)NC1CC1. The second kappa shape index (κ2) is 7.37. The number of benzene rings is 1. The maximum absolute atomic E-state index is 12.1. The fourth-order valence-corrected chi connectivity index (χ4v) is 3.69. The Labute approximate surface area is 163 Å². The van der Waals surface area contributed by atoms with E-state index in [1.54, 1.807) is 6.20 Å². The fourth-order valence-electron chi connectivity index (χ4n) is 3.69. The molecule has 2 amide bonds. The number of H-pyrrole nitrogens is 1. The first-order valence-corrected chi connectivity index (χ1v) is 9.85. The van der Waals surface area contributed by atoms with Gasteiger partial charge in [0.15, 0.2) is 0 Å². The van der Waals surface area contributed by atoms with Crippen LogP contribution in [-0.4, -0.2) is 59.2 Å². The summed E-state index contributed by atoms with van der Waals surface area (Å²) in [6.45, 7) is 4.50. The van der Waals surface area contributed by atoms with Gasteiger partial charge in [0.1, 0.15) is 5.69 Å². The molecule has 8 nitrogen and oxygen atoms in total. The fraction of sp³-hybridized carbons (Fsp3) is 0.450. The number of rotatable bonds is 5. The normalized spacial score (nSPS) is 19.2. The van der Waals surface area contributed by atoms with Crippen molar-refractivity contribution in [3.05, 3.63) is 41.2 Å². The summed E-state index contributed by atoms with van der Waals surface area (Å²) >= 11 is 0. The van der Waals surface area contributed by atoms with E-state index in [0.717, 1.165) is 69.2 Å². The van der Waals surface area contributed by atoms with E-state index < -0.39 is 0 Å². The van der Waals surface area contributed by atoms with Crippen LogP contribution in [0.15, 0.2) is 29.4 Å². The van der Waals surface area contributed by atoms with Crippen LogP contribution >= 0.6 is 0 Å². The number of nitrogens with one attached hydrogen (secondary N) is 3. The van der Waals surface area contributed by atoms with Crippen LogP contribution in [0.1, 0.15) is 29.7 Å². The minimum absolute atomic E-state index is 0.186. The molecule has 1 aromatic carbocycles. The molecular formula is C20H24N6O2. The number of aromatic amines is 1. The second-order valence-corrected chi connectivity index (χ2v) is 7.62. The van der Waals surface area contributed by atoms with Crippen LogP contribution in [0.4, 0.5) is 16.2 Å². The Morgan fingerprint density at radius 2 is 2.14 bits per heavy atom. The molecule has 3 aliphatic rings. The standard InChI is InChI=1S/C20H24N6O2/c27-20(22-15-2-3-15)24-18-11-21-25-19(18)17-10-14-9-13(1-4-16(14)23-17)12-26-5-7-28-8-6-26/h1,4,9,11,15H,2-3,5-8,10,12H2,(H,21,25)(H2,22,24,27). The van der Waals surface area contributed by atoms with Crippen LogP contribution in [0.3, 0.4) is 0 Å². The molecule has 3 N–H and O–H groups in total. The molecule has 2 aliphatic heterocycles. The van der Waals surface area contributed by atoms with E-state index in [-0.39, 0.29) is 6.03 Å². The zero-order valence-electron chi connectivity index (χ0n) is 15.7. The summed E-state index contributed by atoms with van der Waals surface area (Å²) in [5.74, 6) is 0. The Hall–Kier alpha value is -2.71. The quantitative estimate of drug-likeness (QED) is 0.741. The van der Waals surface area contributed by atoms with E-state index in [1.165, 1.54) is 11.1 Å². The number of amides is 2. The number of aliphatic imine (C=N–C) groups is 1. The van der Waals surface area contributed by atoms with Crippen molar-refractivity contribution in [3.63, 3.8) is 0 Å². The number of aromatic nitrogens is 2. The maximum atomic E-state index is 12.1. The van der Waals surface area contributed by atoms with Crippen LogP contribution in [-0.2, 0) is 17.7 Å². The number of carbonyl (C=O) groups excluding carboxylic acids is 1. The van der Waals surface area contributed by atoms with Gasteiger partial charge in [-0.1, -0.05) is 12.1 Å². The van der Waals surface area contributed by atoms with Gasteiger partial charge in [0.2, 0.25) is 0 Å². The molecule has 0 unspecified atom stereocenters. The summed E-state index contributed by atoms with van der Waals surface area (Å²) in [5, 5.41) is 12.9. The Kier molecular flexibility index (Phi) is 4.58. The van der Waals surface area contributed by atoms with Crippen molar-refractivity contribution in [2.45, 2.75) is 31.8 Å². The van der Waals surface area contributed by atoms with Gasteiger partial charge in [-0.3, -0.25) is 15.0 Å². The van der Waals surface area contributed by atoms with Crippen LogP contribution in [0, 0.1) is 0 Å². The molecule has 3 heterocycles. The molecule has 0 atom stereocenters. The Balaban J connectivity index is 1.27. The van der Waals surface area contributed by atoms with Gasteiger partial charge in [0.05, 0.1) is 36.5 Å². The molecular weight excluding hydrogens is 356 g/mol. The summed E-state index contributed by atoms with van der Waals surface area (Å²) in [4.78, 5) is 19.2. The molecule has 8 heteroatoms. The van der Waals surface area contributed by atoms with Gasteiger partial charge >= 0.3 is 6.03 Å². The number of fused-ring (bicyclic) bond motifs is 1. The third-order valence-corrected chi connectivity index (χ3v) is 5.36. The lowest BCUT2D eigenvalue weighted by molar-refractivity contribution is 0.0342. The van der Waals surface area contributed by atoms with Gasteiger partial charge in [-0.2, -0.15) is 5.10 Å². The minimum atomic E-state index is -0.186. The topological polar surface area (TPSA) is 94.6 Å². The number of morpholine rings is 1. The average molecular weight is 380 g/mol. The lowest BCUT2D eigenvalue weighted by Gasteiger charge is -2.26. The molecule has 1 saturated carbocycles. The van der Waals surface area contributed by atoms with Gasteiger partial charge in [-0.05, 0) is 30.0 Å². The van der Waals surface area contributed by atoms with E-state index in [0.29, 0.717) is 11.7 Å². The van der Waals surface area contributed by atoms with Gasteiger partial charge in [-0.15, -0.1) is 0 Å². The lowest BCUT2D eigenvalue weighted by Crippen LogP contribution is -2.35. The van der Waals surface area contributed by atoms with Crippen molar-refractivity contribution >= 4 is 23.1 Å². The van der Waals surface area contributed by atoms with Gasteiger partial charge in [-0.25, -0.2) is 4.79 Å². The Morgan fingerprint density at radius 3 is 2.96 bits per heavy atom. The highest BCUT2D eigenvalue weighted by atomic mass is 16.5. The van der Waals surface area contributed by atoms with E-state index in [9.17, 15) is 4.79 Å². The molecule has 0 bridgehead atoms. The first-order valence-electron chi connectivity index (χ1n) is 9.85. The molecule has 0 spiro atoms. The van der Waals surface area contributed by atoms with Crippen molar-refractivity contribution < 1.29 is 9.53 Å². The summed E-state index contributed by atoms with van der Waals surface area (Å²) in [5.41, 5.74) is 5.84. The van der Waals surface area contributed by atoms with Gasteiger partial charge in [0.25, 0.3) is 0 Å². The first kappa shape index (κ1) is 17.4. The molecule has 5 rings (SSSR count). The van der Waals surface area contributed by atoms with Crippen molar-refractivity contribution in [2.24, 2.45) is 4.99 Å². The predicted molar refractivity (Wildman–Crippen MR) is 106 cm³/mol. The largest absolute Gasteiger partial charge is 0.379 e.